The maximum atomic E-state index is 12.5. The van der Waals surface area contributed by atoms with Gasteiger partial charge in [0, 0.05) is 32.2 Å². The molecule has 2 aliphatic heterocycles. The molecule has 1 N–H and O–H groups in total. The first-order valence-corrected chi connectivity index (χ1v) is 8.31. The first kappa shape index (κ1) is 14.5. The number of β-amino-alcohol motifs (C(OH)–C–C–N with tert-alkyl or cyclic N) is 1. The molecule has 114 valence electrons. The van der Waals surface area contributed by atoms with Gasteiger partial charge < -0.3 is 10.0 Å². The topological polar surface area (TPSA) is 77.9 Å². The van der Waals surface area contributed by atoms with Gasteiger partial charge in [-0.25, -0.2) is 12.7 Å². The van der Waals surface area contributed by atoms with Gasteiger partial charge in [0.1, 0.15) is 4.75 Å². The van der Waals surface area contributed by atoms with Crippen LogP contribution in [0.1, 0.15) is 16.8 Å². The van der Waals surface area contributed by atoms with Crippen LogP contribution in [-0.2, 0) is 10.0 Å². The molecule has 1 aromatic rings. The molecule has 6 nitrogen and oxygen atoms in total. The molecule has 2 heterocycles. The molecule has 21 heavy (non-hydrogen) atoms. The Morgan fingerprint density at radius 3 is 2.57 bits per heavy atom. The van der Waals surface area contributed by atoms with E-state index in [1.54, 1.807) is 24.3 Å². The predicted octanol–water partition coefficient (Wildman–Crippen LogP) is -0.0926. The quantitative estimate of drug-likeness (QED) is 0.786. The van der Waals surface area contributed by atoms with Crippen LogP contribution in [0.2, 0.25) is 0 Å². The van der Waals surface area contributed by atoms with Crippen LogP contribution in [0.3, 0.4) is 0 Å². The minimum Gasteiger partial charge on any atom is -0.390 e. The van der Waals surface area contributed by atoms with Crippen molar-refractivity contribution in [2.24, 2.45) is 0 Å². The maximum absolute atomic E-state index is 12.5. The van der Waals surface area contributed by atoms with Gasteiger partial charge in [-0.15, -0.1) is 0 Å². The first-order chi connectivity index (χ1) is 9.88. The highest BCUT2D eigenvalue weighted by Gasteiger charge is 2.61. The fraction of sp³-hybridized carbons (Fsp3) is 0.500. The van der Waals surface area contributed by atoms with Gasteiger partial charge in [0.25, 0.3) is 5.91 Å². The Morgan fingerprint density at radius 1 is 1.33 bits per heavy atom. The highest BCUT2D eigenvalue weighted by atomic mass is 32.2. The third-order valence-electron chi connectivity index (χ3n) is 4.53. The summed E-state index contributed by atoms with van der Waals surface area (Å²) in [5.74, 6) is -0.190. The fourth-order valence-electron chi connectivity index (χ4n) is 3.21. The predicted molar refractivity (Wildman–Crippen MR) is 77.3 cm³/mol. The highest BCUT2D eigenvalue weighted by molar-refractivity contribution is 7.90. The van der Waals surface area contributed by atoms with Gasteiger partial charge in [0.05, 0.1) is 6.10 Å². The Balaban J connectivity index is 1.88. The molecular weight excluding hydrogens is 292 g/mol. The van der Waals surface area contributed by atoms with Crippen LogP contribution < -0.4 is 0 Å². The molecule has 0 aliphatic carbocycles. The van der Waals surface area contributed by atoms with E-state index < -0.39 is 20.9 Å². The molecule has 0 aromatic heterocycles. The molecule has 0 bridgehead atoms. The van der Waals surface area contributed by atoms with E-state index in [0.717, 1.165) is 0 Å². The Hall–Kier alpha value is -1.44. The van der Waals surface area contributed by atoms with Gasteiger partial charge in [-0.1, -0.05) is 18.2 Å². The second-order valence-corrected chi connectivity index (χ2v) is 8.10. The zero-order valence-electron chi connectivity index (χ0n) is 11.8. The van der Waals surface area contributed by atoms with E-state index in [-0.39, 0.29) is 25.4 Å². The molecule has 2 saturated heterocycles. The van der Waals surface area contributed by atoms with E-state index in [4.69, 9.17) is 0 Å². The fourth-order valence-corrected chi connectivity index (χ4v) is 5.26. The number of carbonyl (C=O) groups excluding carboxylic acids is 1. The van der Waals surface area contributed by atoms with Crippen LogP contribution >= 0.6 is 0 Å². The number of hydrogen-bond acceptors (Lipinski definition) is 4. The third kappa shape index (κ3) is 1.99. The van der Waals surface area contributed by atoms with E-state index in [1.807, 2.05) is 6.07 Å². The smallest absolute Gasteiger partial charge is 0.253 e. The molecule has 2 aliphatic rings. The highest BCUT2D eigenvalue weighted by Crippen LogP contribution is 2.40. The Labute approximate surface area is 124 Å². The minimum absolute atomic E-state index is 0.0502. The molecule has 1 amide bonds. The summed E-state index contributed by atoms with van der Waals surface area (Å²) in [6, 6.07) is 8.78. The van der Waals surface area contributed by atoms with Crippen molar-refractivity contribution in [2.45, 2.75) is 17.3 Å². The summed E-state index contributed by atoms with van der Waals surface area (Å²) in [4.78, 5) is 13.9. The number of hydrogen-bond donors (Lipinski definition) is 1. The van der Waals surface area contributed by atoms with Gasteiger partial charge >= 0.3 is 0 Å². The average molecular weight is 310 g/mol. The monoisotopic (exact) mass is 310 g/mol. The van der Waals surface area contributed by atoms with Crippen LogP contribution in [0.25, 0.3) is 0 Å². The number of likely N-dealkylation sites (N-methyl/N-ethyl adjacent to an activating group) is 1. The largest absolute Gasteiger partial charge is 0.390 e. The number of likely N-dealkylation sites (tertiary alicyclic amines) is 1. The van der Waals surface area contributed by atoms with Crippen molar-refractivity contribution in [3.8, 4) is 0 Å². The summed E-state index contributed by atoms with van der Waals surface area (Å²) in [7, 11) is -2.11. The average Bonchev–Trinajstić information content (AvgIpc) is 2.99. The Kier molecular flexibility index (Phi) is 3.31. The molecule has 0 radical (unpaired) electrons. The van der Waals surface area contributed by atoms with Crippen molar-refractivity contribution in [2.75, 3.05) is 26.7 Å². The SMILES string of the molecule is CN1C[C@@H](O)[C@]2(CCN(C(=O)c3ccccc3)C2)S1(=O)=O. The summed E-state index contributed by atoms with van der Waals surface area (Å²) < 4.78 is 24.9. The van der Waals surface area contributed by atoms with E-state index >= 15 is 0 Å². The minimum atomic E-state index is -3.57. The van der Waals surface area contributed by atoms with Crippen molar-refractivity contribution in [3.63, 3.8) is 0 Å². The molecule has 7 heteroatoms. The molecule has 1 aromatic carbocycles. The van der Waals surface area contributed by atoms with Crippen molar-refractivity contribution in [3.05, 3.63) is 35.9 Å². The zero-order valence-corrected chi connectivity index (χ0v) is 12.6. The van der Waals surface area contributed by atoms with E-state index in [0.29, 0.717) is 12.1 Å². The van der Waals surface area contributed by atoms with Crippen molar-refractivity contribution in [1.82, 2.24) is 9.21 Å². The standard InChI is InChI=1S/C14H18N2O4S/c1-15-9-12(17)14(21(15,19)20)7-8-16(10-14)13(18)11-5-3-2-4-6-11/h2-6,12,17H,7-10H2,1H3/t12-,14-/m1/s1. The van der Waals surface area contributed by atoms with Crippen LogP contribution in [0.15, 0.2) is 30.3 Å². The summed E-state index contributed by atoms with van der Waals surface area (Å²) in [6.07, 6.45) is -0.680. The van der Waals surface area contributed by atoms with Crippen LogP contribution in [-0.4, -0.2) is 66.2 Å². The van der Waals surface area contributed by atoms with Gasteiger partial charge in [-0.2, -0.15) is 0 Å². The lowest BCUT2D eigenvalue weighted by atomic mass is 10.0. The van der Waals surface area contributed by atoms with Crippen molar-refractivity contribution >= 4 is 15.9 Å². The Morgan fingerprint density at radius 2 is 2.00 bits per heavy atom. The van der Waals surface area contributed by atoms with Crippen LogP contribution in [0.5, 0.6) is 0 Å². The van der Waals surface area contributed by atoms with Crippen molar-refractivity contribution in [1.29, 1.82) is 0 Å². The van der Waals surface area contributed by atoms with Crippen LogP contribution in [0.4, 0.5) is 0 Å². The number of benzene rings is 1. The molecule has 2 atom stereocenters. The lowest BCUT2D eigenvalue weighted by Crippen LogP contribution is -2.48. The second kappa shape index (κ2) is 4.79. The van der Waals surface area contributed by atoms with E-state index in [2.05, 4.69) is 0 Å². The first-order valence-electron chi connectivity index (χ1n) is 6.87. The number of carbonyl (C=O) groups is 1. The number of rotatable bonds is 1. The zero-order chi connectivity index (χ0) is 15.3. The van der Waals surface area contributed by atoms with Gasteiger partial charge in [0.2, 0.25) is 10.0 Å². The van der Waals surface area contributed by atoms with E-state index in [9.17, 15) is 18.3 Å². The number of amides is 1. The number of aliphatic hydroxyl groups is 1. The Bertz CT molecular complexity index is 661. The van der Waals surface area contributed by atoms with Crippen LogP contribution in [0, 0.1) is 0 Å². The summed E-state index contributed by atoms with van der Waals surface area (Å²) in [5, 5.41) is 10.2. The van der Waals surface area contributed by atoms with Gasteiger partial charge in [-0.3, -0.25) is 4.79 Å². The summed E-state index contributed by atoms with van der Waals surface area (Å²) in [5.41, 5.74) is 0.535. The molecular formula is C14H18N2O4S. The normalized spacial score (nSPS) is 31.9. The lowest BCUT2D eigenvalue weighted by molar-refractivity contribution is 0.0771. The van der Waals surface area contributed by atoms with E-state index in [1.165, 1.54) is 16.3 Å². The second-order valence-electron chi connectivity index (χ2n) is 5.71. The molecule has 0 unspecified atom stereocenters. The molecule has 1 spiro atoms. The molecule has 2 fully saturated rings. The lowest BCUT2D eigenvalue weighted by Gasteiger charge is -2.26. The number of sulfonamides is 1. The molecule has 3 rings (SSSR count). The van der Waals surface area contributed by atoms with Gasteiger partial charge in [0.15, 0.2) is 0 Å². The van der Waals surface area contributed by atoms with Crippen molar-refractivity contribution < 1.29 is 18.3 Å². The maximum Gasteiger partial charge on any atom is 0.253 e. The number of nitrogens with zero attached hydrogens (tertiary/aromatic N) is 2. The molecule has 0 saturated carbocycles. The number of aliphatic hydroxyl groups excluding tert-OH is 1. The third-order valence-corrected chi connectivity index (χ3v) is 7.14. The summed E-state index contributed by atoms with van der Waals surface area (Å²) >= 11 is 0. The summed E-state index contributed by atoms with van der Waals surface area (Å²) in [6.45, 7) is 0.488. The van der Waals surface area contributed by atoms with Gasteiger partial charge in [-0.05, 0) is 18.6 Å².